The zero-order chi connectivity index (χ0) is 22.3. The van der Waals surface area contributed by atoms with E-state index in [1.54, 1.807) is 6.07 Å². The summed E-state index contributed by atoms with van der Waals surface area (Å²) < 4.78 is 27.5. The van der Waals surface area contributed by atoms with E-state index in [9.17, 15) is 23.2 Å². The van der Waals surface area contributed by atoms with Gasteiger partial charge in [0.05, 0.1) is 17.3 Å². The van der Waals surface area contributed by atoms with Crippen molar-refractivity contribution in [3.8, 4) is 11.1 Å². The molecule has 3 N–H and O–H groups in total. The number of carbonyl (C=O) groups excluding carboxylic acids is 3. The average Bonchev–Trinajstić information content (AvgIpc) is 3.06. The summed E-state index contributed by atoms with van der Waals surface area (Å²) in [5, 5.41) is 8.23. The van der Waals surface area contributed by atoms with Crippen LogP contribution in [-0.4, -0.2) is 47.4 Å². The van der Waals surface area contributed by atoms with Crippen LogP contribution in [0, 0.1) is 11.6 Å². The van der Waals surface area contributed by atoms with Gasteiger partial charge in [-0.1, -0.05) is 6.07 Å². The Morgan fingerprint density at radius 2 is 1.90 bits per heavy atom. The van der Waals surface area contributed by atoms with Crippen LogP contribution in [-0.2, 0) is 4.79 Å². The SMILES string of the molecule is CC(C)NC(=O)N[C@@H]1CCN2C(=O)c3cc(-c4ccc(F)cc4F)ccc3NC(=O)[C@H]12. The summed E-state index contributed by atoms with van der Waals surface area (Å²) in [5.74, 6) is -2.24. The third-order valence-electron chi connectivity index (χ3n) is 5.41. The minimum atomic E-state index is -0.858. The number of nitrogens with zero attached hydrogens (tertiary/aromatic N) is 1. The van der Waals surface area contributed by atoms with Crippen LogP contribution in [0.4, 0.5) is 19.3 Å². The fraction of sp³-hybridized carbons (Fsp3) is 0.318. The molecule has 0 aromatic heterocycles. The van der Waals surface area contributed by atoms with Crippen LogP contribution in [0.15, 0.2) is 36.4 Å². The maximum atomic E-state index is 14.2. The molecule has 1 fully saturated rings. The van der Waals surface area contributed by atoms with Crippen molar-refractivity contribution in [1.29, 1.82) is 0 Å². The van der Waals surface area contributed by atoms with Gasteiger partial charge in [-0.15, -0.1) is 0 Å². The van der Waals surface area contributed by atoms with Crippen LogP contribution in [0.3, 0.4) is 0 Å². The smallest absolute Gasteiger partial charge is 0.315 e. The van der Waals surface area contributed by atoms with Gasteiger partial charge in [0.1, 0.15) is 17.7 Å². The monoisotopic (exact) mass is 428 g/mol. The van der Waals surface area contributed by atoms with E-state index in [4.69, 9.17) is 0 Å². The van der Waals surface area contributed by atoms with Crippen molar-refractivity contribution in [1.82, 2.24) is 15.5 Å². The molecule has 162 valence electrons. The molecule has 2 aromatic rings. The second kappa shape index (κ2) is 7.98. The van der Waals surface area contributed by atoms with E-state index in [0.717, 1.165) is 12.1 Å². The Bertz CT molecular complexity index is 1070. The number of anilines is 1. The van der Waals surface area contributed by atoms with E-state index in [1.807, 2.05) is 13.8 Å². The number of rotatable bonds is 3. The zero-order valence-electron chi connectivity index (χ0n) is 17.0. The molecule has 2 aromatic carbocycles. The van der Waals surface area contributed by atoms with Crippen molar-refractivity contribution in [3.05, 3.63) is 53.6 Å². The van der Waals surface area contributed by atoms with Gasteiger partial charge in [-0.3, -0.25) is 9.59 Å². The average molecular weight is 428 g/mol. The van der Waals surface area contributed by atoms with E-state index >= 15 is 0 Å². The molecule has 2 heterocycles. The topological polar surface area (TPSA) is 90.5 Å². The molecule has 0 radical (unpaired) electrons. The number of urea groups is 1. The summed E-state index contributed by atoms with van der Waals surface area (Å²) in [5.41, 5.74) is 1.06. The molecule has 0 aliphatic carbocycles. The maximum Gasteiger partial charge on any atom is 0.315 e. The first-order chi connectivity index (χ1) is 14.7. The molecule has 9 heteroatoms. The van der Waals surface area contributed by atoms with Crippen LogP contribution in [0.25, 0.3) is 11.1 Å². The van der Waals surface area contributed by atoms with Gasteiger partial charge in [0.25, 0.3) is 5.91 Å². The van der Waals surface area contributed by atoms with Gasteiger partial charge in [0.2, 0.25) is 5.91 Å². The maximum absolute atomic E-state index is 14.2. The standard InChI is InChI=1S/C22H22F2N4O3/c1-11(2)25-22(31)27-18-7-8-28-19(18)20(29)26-17-6-3-12(9-15(17)21(28)30)14-5-4-13(23)10-16(14)24/h3-6,9-11,18-19H,7-8H2,1-2H3,(H,26,29)(H2,25,27,31)/t18-,19+/m1/s1. The van der Waals surface area contributed by atoms with Crippen LogP contribution in [0.5, 0.6) is 0 Å². The van der Waals surface area contributed by atoms with Gasteiger partial charge in [-0.25, -0.2) is 13.6 Å². The summed E-state index contributed by atoms with van der Waals surface area (Å²) in [6.45, 7) is 3.93. The Morgan fingerprint density at radius 1 is 1.13 bits per heavy atom. The molecule has 0 saturated carbocycles. The summed E-state index contributed by atoms with van der Waals surface area (Å²) in [4.78, 5) is 39.7. The Labute approximate surface area is 177 Å². The van der Waals surface area contributed by atoms with Crippen molar-refractivity contribution >= 4 is 23.5 Å². The van der Waals surface area contributed by atoms with Gasteiger partial charge in [0, 0.05) is 24.2 Å². The van der Waals surface area contributed by atoms with Gasteiger partial charge in [-0.05, 0) is 50.1 Å². The highest BCUT2D eigenvalue weighted by atomic mass is 19.1. The number of amides is 4. The summed E-state index contributed by atoms with van der Waals surface area (Å²) >= 11 is 0. The summed E-state index contributed by atoms with van der Waals surface area (Å²) in [7, 11) is 0. The van der Waals surface area contributed by atoms with Crippen molar-refractivity contribution in [2.24, 2.45) is 0 Å². The molecule has 1 saturated heterocycles. The molecule has 4 rings (SSSR count). The number of carbonyl (C=O) groups is 3. The quantitative estimate of drug-likeness (QED) is 0.702. The summed E-state index contributed by atoms with van der Waals surface area (Å²) in [6, 6.07) is 5.93. The van der Waals surface area contributed by atoms with E-state index in [-0.39, 0.29) is 23.7 Å². The van der Waals surface area contributed by atoms with Gasteiger partial charge in [-0.2, -0.15) is 0 Å². The molecule has 0 unspecified atom stereocenters. The highest BCUT2D eigenvalue weighted by Crippen LogP contribution is 2.33. The predicted octanol–water partition coefficient (Wildman–Crippen LogP) is 2.87. The molecular formula is C22H22F2N4O3. The van der Waals surface area contributed by atoms with Crippen molar-refractivity contribution in [2.45, 2.75) is 38.4 Å². The van der Waals surface area contributed by atoms with Crippen LogP contribution < -0.4 is 16.0 Å². The lowest BCUT2D eigenvalue weighted by molar-refractivity contribution is -0.120. The Kier molecular flexibility index (Phi) is 5.34. The van der Waals surface area contributed by atoms with Crippen molar-refractivity contribution in [2.75, 3.05) is 11.9 Å². The highest BCUT2D eigenvalue weighted by molar-refractivity contribution is 6.11. The predicted molar refractivity (Wildman–Crippen MR) is 110 cm³/mol. The number of halogens is 2. The van der Waals surface area contributed by atoms with Crippen molar-refractivity contribution < 1.29 is 23.2 Å². The number of nitrogens with one attached hydrogen (secondary N) is 3. The van der Waals surface area contributed by atoms with Crippen LogP contribution in [0.1, 0.15) is 30.6 Å². The fourth-order valence-electron chi connectivity index (χ4n) is 4.05. The normalized spacial score (nSPS) is 20.1. The number of hydrogen-bond donors (Lipinski definition) is 3. The number of fused-ring (bicyclic) bond motifs is 2. The summed E-state index contributed by atoms with van der Waals surface area (Å²) in [6.07, 6.45) is 0.428. The van der Waals surface area contributed by atoms with Gasteiger partial charge >= 0.3 is 6.03 Å². The molecule has 4 amide bonds. The fourth-order valence-corrected chi connectivity index (χ4v) is 4.05. The third kappa shape index (κ3) is 3.95. The first-order valence-corrected chi connectivity index (χ1v) is 10.0. The van der Waals surface area contributed by atoms with E-state index in [0.29, 0.717) is 17.7 Å². The second-order valence-electron chi connectivity index (χ2n) is 7.98. The lowest BCUT2D eigenvalue weighted by atomic mass is 10.0. The molecule has 31 heavy (non-hydrogen) atoms. The Hall–Kier alpha value is -3.49. The van der Waals surface area contributed by atoms with Crippen LogP contribution in [0.2, 0.25) is 0 Å². The first kappa shape index (κ1) is 20.8. The molecular weight excluding hydrogens is 406 g/mol. The zero-order valence-corrected chi connectivity index (χ0v) is 17.0. The van der Waals surface area contributed by atoms with Crippen molar-refractivity contribution in [3.63, 3.8) is 0 Å². The van der Waals surface area contributed by atoms with Crippen LogP contribution >= 0.6 is 0 Å². The molecule has 7 nitrogen and oxygen atoms in total. The second-order valence-corrected chi connectivity index (χ2v) is 7.98. The van der Waals surface area contributed by atoms with Gasteiger partial charge < -0.3 is 20.9 Å². The van der Waals surface area contributed by atoms with E-state index < -0.39 is 41.6 Å². The highest BCUT2D eigenvalue weighted by Gasteiger charge is 2.45. The largest absolute Gasteiger partial charge is 0.336 e. The minimum Gasteiger partial charge on any atom is -0.336 e. The number of hydrogen-bond acceptors (Lipinski definition) is 3. The molecule has 0 spiro atoms. The Morgan fingerprint density at radius 3 is 2.61 bits per heavy atom. The van der Waals surface area contributed by atoms with Gasteiger partial charge in [0.15, 0.2) is 0 Å². The molecule has 2 atom stereocenters. The first-order valence-electron chi connectivity index (χ1n) is 10.0. The number of benzene rings is 2. The lowest BCUT2D eigenvalue weighted by Gasteiger charge is -2.25. The molecule has 2 aliphatic rings. The lowest BCUT2D eigenvalue weighted by Crippen LogP contribution is -2.54. The van der Waals surface area contributed by atoms with E-state index in [2.05, 4.69) is 16.0 Å². The molecule has 2 aliphatic heterocycles. The molecule has 0 bridgehead atoms. The van der Waals surface area contributed by atoms with E-state index in [1.165, 1.54) is 23.1 Å². The minimum absolute atomic E-state index is 0.0726. The Balaban J connectivity index is 1.64. The third-order valence-corrected chi connectivity index (χ3v) is 5.41.